The lowest BCUT2D eigenvalue weighted by Crippen LogP contribution is -2.28. The van der Waals surface area contributed by atoms with E-state index in [4.69, 9.17) is 22.3 Å². The molecular weight excluding hydrogens is 512 g/mol. The Hall–Kier alpha value is -2.98. The van der Waals surface area contributed by atoms with Gasteiger partial charge in [0.15, 0.2) is 0 Å². The number of fused-ring (bicyclic) bond motifs is 2. The molecule has 0 aliphatic carbocycles. The van der Waals surface area contributed by atoms with Gasteiger partial charge >= 0.3 is 0 Å². The zero-order chi connectivity index (χ0) is 20.3. The molecule has 3 aromatic carbocycles. The van der Waals surface area contributed by atoms with E-state index in [0.717, 1.165) is 32.7 Å². The smallest absolute Gasteiger partial charge is 0.208 e. The van der Waals surface area contributed by atoms with Gasteiger partial charge in [0.1, 0.15) is 0 Å². The third kappa shape index (κ3) is 5.14. The number of nitrogens with one attached hydrogen (secondary N) is 2. The molecule has 0 aliphatic heterocycles. The van der Waals surface area contributed by atoms with Gasteiger partial charge in [-0.3, -0.25) is 10.8 Å². The van der Waals surface area contributed by atoms with E-state index >= 15 is 0 Å². The Morgan fingerprint density at radius 2 is 0.967 bits per heavy atom. The Morgan fingerprint density at radius 3 is 1.20 bits per heavy atom. The molecule has 0 saturated heterocycles. The van der Waals surface area contributed by atoms with Gasteiger partial charge in [-0.2, -0.15) is 10.2 Å². The molecule has 0 radical (unpaired) electrons. The molecule has 0 atom stereocenters. The highest BCUT2D eigenvalue weighted by Crippen LogP contribution is 2.31. The highest BCUT2D eigenvalue weighted by atomic mass is 79.9. The maximum Gasteiger partial charge on any atom is 0.208 e. The molecule has 0 unspecified atom stereocenters. The number of guanidine groups is 2. The molecule has 0 aliphatic rings. The van der Waals surface area contributed by atoms with Crippen molar-refractivity contribution < 1.29 is 0 Å². The molecule has 30 heavy (non-hydrogen) atoms. The van der Waals surface area contributed by atoms with Crippen molar-refractivity contribution in [3.63, 3.8) is 0 Å². The van der Waals surface area contributed by atoms with Crippen molar-refractivity contribution in [2.45, 2.75) is 0 Å². The summed E-state index contributed by atoms with van der Waals surface area (Å²) in [5, 5.41) is 30.2. The van der Waals surface area contributed by atoms with Crippen LogP contribution >= 0.6 is 34.0 Å². The lowest BCUT2D eigenvalue weighted by molar-refractivity contribution is 0.536. The third-order valence-electron chi connectivity index (χ3n) is 4.43. The number of hydrogen-bond acceptors (Lipinski definition) is 4. The average Bonchev–Trinajstić information content (AvgIpc) is 2.69. The Balaban J connectivity index is 0.00000225. The molecule has 0 bridgehead atoms. The number of nitrogens with two attached hydrogens (primary N) is 2. The van der Waals surface area contributed by atoms with Crippen molar-refractivity contribution in [1.29, 1.82) is 10.8 Å². The first-order valence-electron chi connectivity index (χ1n) is 8.57. The van der Waals surface area contributed by atoms with Gasteiger partial charge in [-0.25, -0.2) is 10.0 Å². The molecular formula is C20H24Br2N8. The average molecular weight is 536 g/mol. The van der Waals surface area contributed by atoms with Crippen LogP contribution in [0.5, 0.6) is 0 Å². The van der Waals surface area contributed by atoms with Crippen molar-refractivity contribution in [3.8, 4) is 0 Å². The van der Waals surface area contributed by atoms with Crippen molar-refractivity contribution in [3.05, 3.63) is 59.7 Å². The summed E-state index contributed by atoms with van der Waals surface area (Å²) in [6.07, 6.45) is 3.43. The second kappa shape index (κ2) is 10.7. The van der Waals surface area contributed by atoms with Gasteiger partial charge in [-0.15, -0.1) is 34.0 Å². The van der Waals surface area contributed by atoms with Gasteiger partial charge in [0, 0.05) is 25.2 Å². The number of benzene rings is 3. The minimum Gasteiger partial charge on any atom is -0.369 e. The molecule has 158 valence electrons. The van der Waals surface area contributed by atoms with Crippen molar-refractivity contribution in [2.75, 3.05) is 14.1 Å². The summed E-state index contributed by atoms with van der Waals surface area (Å²) in [6.45, 7) is 0. The second-order valence-corrected chi connectivity index (χ2v) is 6.23. The van der Waals surface area contributed by atoms with Gasteiger partial charge in [-0.1, -0.05) is 48.5 Å². The summed E-state index contributed by atoms with van der Waals surface area (Å²) < 4.78 is 0. The molecule has 3 rings (SSSR count). The summed E-state index contributed by atoms with van der Waals surface area (Å²) in [5.41, 5.74) is 12.8. The van der Waals surface area contributed by atoms with Crippen molar-refractivity contribution in [1.82, 2.24) is 10.0 Å². The highest BCUT2D eigenvalue weighted by molar-refractivity contribution is 8.93. The van der Waals surface area contributed by atoms with E-state index in [1.807, 2.05) is 48.5 Å². The largest absolute Gasteiger partial charge is 0.369 e. The van der Waals surface area contributed by atoms with Crippen molar-refractivity contribution in [2.24, 2.45) is 21.7 Å². The van der Waals surface area contributed by atoms with Gasteiger partial charge in [0.25, 0.3) is 0 Å². The van der Waals surface area contributed by atoms with Crippen LogP contribution in [-0.4, -0.2) is 48.5 Å². The van der Waals surface area contributed by atoms with E-state index in [1.165, 1.54) is 10.0 Å². The predicted octanol–water partition coefficient (Wildman–Crippen LogP) is 3.47. The Bertz CT molecular complexity index is 981. The second-order valence-electron chi connectivity index (χ2n) is 6.23. The SMILES string of the molecule is Br.Br.CN(/N=C/c1c2ccccc2c(/C=N/N(C)C(=N)N)c2ccccc12)C(=N)N. The molecule has 10 heteroatoms. The summed E-state index contributed by atoms with van der Waals surface area (Å²) in [4.78, 5) is 0. The fourth-order valence-electron chi connectivity index (χ4n) is 2.89. The van der Waals surface area contributed by atoms with Crippen LogP contribution in [0.25, 0.3) is 21.5 Å². The maximum atomic E-state index is 7.50. The van der Waals surface area contributed by atoms with Crippen LogP contribution in [-0.2, 0) is 0 Å². The van der Waals surface area contributed by atoms with E-state index in [-0.39, 0.29) is 45.9 Å². The third-order valence-corrected chi connectivity index (χ3v) is 4.43. The quantitative estimate of drug-likeness (QED) is 0.176. The topological polar surface area (TPSA) is 131 Å². The normalized spacial score (nSPS) is 10.7. The minimum absolute atomic E-state index is 0. The number of halogens is 2. The van der Waals surface area contributed by atoms with E-state index in [9.17, 15) is 0 Å². The molecule has 0 amide bonds. The zero-order valence-corrected chi connectivity index (χ0v) is 20.0. The molecule has 0 fully saturated rings. The number of hydrazone groups is 2. The van der Waals surface area contributed by atoms with Gasteiger partial charge in [-0.05, 0) is 21.5 Å². The summed E-state index contributed by atoms with van der Waals surface area (Å²) in [5.74, 6) is -0.276. The Labute approximate surface area is 195 Å². The molecule has 8 nitrogen and oxygen atoms in total. The standard InChI is InChI=1S/C20H22N8.2BrH/c1-27(19(21)22)25-11-17-13-7-3-5-9-15(13)18(12-26-28(2)20(23)24)16-10-6-4-8-14(16)17;;/h3-12H,1-2H3,(H3,21,22)(H3,23,24);2*1H/b25-11+,26-12+;;. The molecule has 3 aromatic rings. The summed E-state index contributed by atoms with van der Waals surface area (Å²) >= 11 is 0. The number of rotatable bonds is 4. The Kier molecular flexibility index (Phi) is 8.94. The van der Waals surface area contributed by atoms with Crippen LogP contribution in [0.15, 0.2) is 58.7 Å². The van der Waals surface area contributed by atoms with E-state index in [2.05, 4.69) is 10.2 Å². The van der Waals surface area contributed by atoms with Gasteiger partial charge in [0.05, 0.1) is 12.4 Å². The molecule has 0 heterocycles. The monoisotopic (exact) mass is 534 g/mol. The van der Waals surface area contributed by atoms with Crippen molar-refractivity contribution >= 4 is 79.9 Å². The first-order chi connectivity index (χ1) is 13.4. The first kappa shape index (κ1) is 25.1. The lowest BCUT2D eigenvalue weighted by Gasteiger charge is -2.14. The van der Waals surface area contributed by atoms with Gasteiger partial charge in [0.2, 0.25) is 11.9 Å². The number of hydrogen-bond donors (Lipinski definition) is 4. The zero-order valence-electron chi connectivity index (χ0n) is 16.5. The van der Waals surface area contributed by atoms with Gasteiger partial charge < -0.3 is 11.5 Å². The number of nitrogens with zero attached hydrogens (tertiary/aromatic N) is 4. The molecule has 0 spiro atoms. The van der Waals surface area contributed by atoms with E-state index in [1.54, 1.807) is 26.5 Å². The maximum absolute atomic E-state index is 7.50. The first-order valence-corrected chi connectivity index (χ1v) is 8.57. The lowest BCUT2D eigenvalue weighted by atomic mass is 9.92. The summed E-state index contributed by atoms with van der Waals surface area (Å²) in [7, 11) is 3.25. The fraction of sp³-hybridized carbons (Fsp3) is 0.100. The van der Waals surface area contributed by atoms with E-state index in [0.29, 0.717) is 0 Å². The van der Waals surface area contributed by atoms with Crippen LogP contribution in [0, 0.1) is 10.8 Å². The molecule has 0 aromatic heterocycles. The summed E-state index contributed by atoms with van der Waals surface area (Å²) in [6, 6.07) is 15.9. The minimum atomic E-state index is -0.138. The fourth-order valence-corrected chi connectivity index (χ4v) is 2.89. The molecule has 6 N–H and O–H groups in total. The Morgan fingerprint density at radius 1 is 0.700 bits per heavy atom. The predicted molar refractivity (Wildman–Crippen MR) is 137 cm³/mol. The van der Waals surface area contributed by atoms with Crippen LogP contribution in [0.2, 0.25) is 0 Å². The van der Waals surface area contributed by atoms with Crippen LogP contribution < -0.4 is 11.5 Å². The van der Waals surface area contributed by atoms with Crippen LogP contribution in [0.3, 0.4) is 0 Å². The van der Waals surface area contributed by atoms with Crippen LogP contribution in [0.1, 0.15) is 11.1 Å². The van der Waals surface area contributed by atoms with Crippen LogP contribution in [0.4, 0.5) is 0 Å². The highest BCUT2D eigenvalue weighted by Gasteiger charge is 2.12. The van der Waals surface area contributed by atoms with E-state index < -0.39 is 0 Å². The molecule has 0 saturated carbocycles.